The smallest absolute Gasteiger partial charge is 0.0546 e. The molecule has 0 aromatic rings. The lowest BCUT2D eigenvalue weighted by atomic mass is 9.82. The summed E-state index contributed by atoms with van der Waals surface area (Å²) < 4.78 is 0. The maximum Gasteiger partial charge on any atom is 0.0546 e. The Kier molecular flexibility index (Phi) is 4.00. The zero-order chi connectivity index (χ0) is 10.7. The molecule has 1 aliphatic heterocycles. The van der Waals surface area contributed by atoms with E-state index in [2.05, 4.69) is 17.3 Å². The molecule has 0 aromatic carbocycles. The lowest BCUT2D eigenvalue weighted by Crippen LogP contribution is -2.41. The van der Waals surface area contributed by atoms with Gasteiger partial charge in [-0.05, 0) is 64.2 Å². The zero-order valence-electron chi connectivity index (χ0n) is 9.78. The first-order valence-corrected chi connectivity index (χ1v) is 6.31. The molecule has 0 aromatic heterocycles. The average molecular weight is 212 g/mol. The fraction of sp³-hybridized carbons (Fsp3) is 1.00. The lowest BCUT2D eigenvalue weighted by Gasteiger charge is -2.33. The molecule has 1 saturated heterocycles. The Balaban J connectivity index is 1.53. The van der Waals surface area contributed by atoms with Crippen molar-refractivity contribution in [3.05, 3.63) is 0 Å². The third kappa shape index (κ3) is 3.44. The summed E-state index contributed by atoms with van der Waals surface area (Å²) in [7, 11) is 2.22. The predicted molar refractivity (Wildman–Crippen MR) is 61.8 cm³/mol. The SMILES string of the molecule is CN1CCCC(CNCC2CC(O)C2)C1. The molecule has 1 saturated carbocycles. The molecular formula is C12H24N2O. The Labute approximate surface area is 92.8 Å². The molecule has 1 unspecified atom stereocenters. The molecule has 1 heterocycles. The predicted octanol–water partition coefficient (Wildman–Crippen LogP) is 0.689. The summed E-state index contributed by atoms with van der Waals surface area (Å²) >= 11 is 0. The molecule has 88 valence electrons. The summed E-state index contributed by atoms with van der Waals surface area (Å²) in [6, 6.07) is 0. The number of hydrogen-bond acceptors (Lipinski definition) is 3. The third-order valence-electron chi connectivity index (χ3n) is 3.80. The first kappa shape index (κ1) is 11.4. The lowest BCUT2D eigenvalue weighted by molar-refractivity contribution is 0.0423. The minimum absolute atomic E-state index is 0.00221. The van der Waals surface area contributed by atoms with Crippen molar-refractivity contribution in [3.8, 4) is 0 Å². The summed E-state index contributed by atoms with van der Waals surface area (Å²) in [6.45, 7) is 4.79. The molecule has 0 bridgehead atoms. The van der Waals surface area contributed by atoms with Crippen LogP contribution in [-0.4, -0.2) is 49.3 Å². The van der Waals surface area contributed by atoms with Crippen molar-refractivity contribution in [2.24, 2.45) is 11.8 Å². The van der Waals surface area contributed by atoms with Crippen LogP contribution < -0.4 is 5.32 Å². The average Bonchev–Trinajstić information content (AvgIpc) is 2.15. The topological polar surface area (TPSA) is 35.5 Å². The minimum Gasteiger partial charge on any atom is -0.393 e. The van der Waals surface area contributed by atoms with E-state index in [0.717, 1.165) is 37.8 Å². The van der Waals surface area contributed by atoms with Gasteiger partial charge in [0.25, 0.3) is 0 Å². The molecule has 1 aliphatic carbocycles. The highest BCUT2D eigenvalue weighted by Crippen LogP contribution is 2.26. The van der Waals surface area contributed by atoms with Gasteiger partial charge in [0.2, 0.25) is 0 Å². The molecule has 0 spiro atoms. The number of aliphatic hydroxyl groups is 1. The first-order chi connectivity index (χ1) is 7.24. The maximum absolute atomic E-state index is 9.17. The molecule has 1 atom stereocenters. The second-order valence-electron chi connectivity index (χ2n) is 5.42. The van der Waals surface area contributed by atoms with E-state index in [4.69, 9.17) is 5.11 Å². The van der Waals surface area contributed by atoms with Crippen molar-refractivity contribution >= 4 is 0 Å². The Hall–Kier alpha value is -0.120. The normalized spacial score (nSPS) is 37.6. The van der Waals surface area contributed by atoms with Gasteiger partial charge in [0.05, 0.1) is 6.10 Å². The molecule has 3 heteroatoms. The van der Waals surface area contributed by atoms with Gasteiger partial charge in [0, 0.05) is 6.54 Å². The highest BCUT2D eigenvalue weighted by atomic mass is 16.3. The number of piperidine rings is 1. The quantitative estimate of drug-likeness (QED) is 0.719. The summed E-state index contributed by atoms with van der Waals surface area (Å²) in [5, 5.41) is 12.7. The summed E-state index contributed by atoms with van der Waals surface area (Å²) in [5.41, 5.74) is 0. The number of aliphatic hydroxyl groups excluding tert-OH is 1. The van der Waals surface area contributed by atoms with Crippen molar-refractivity contribution in [2.45, 2.75) is 31.8 Å². The number of likely N-dealkylation sites (tertiary alicyclic amines) is 1. The van der Waals surface area contributed by atoms with Crippen LogP contribution in [0.15, 0.2) is 0 Å². The van der Waals surface area contributed by atoms with Crippen LogP contribution in [0.5, 0.6) is 0 Å². The second-order valence-corrected chi connectivity index (χ2v) is 5.42. The Morgan fingerprint density at radius 1 is 1.27 bits per heavy atom. The van der Waals surface area contributed by atoms with Crippen LogP contribution >= 0.6 is 0 Å². The highest BCUT2D eigenvalue weighted by molar-refractivity contribution is 4.81. The van der Waals surface area contributed by atoms with Crippen molar-refractivity contribution in [1.82, 2.24) is 10.2 Å². The van der Waals surface area contributed by atoms with E-state index in [-0.39, 0.29) is 6.10 Å². The van der Waals surface area contributed by atoms with Crippen LogP contribution in [0, 0.1) is 11.8 Å². The number of rotatable bonds is 4. The highest BCUT2D eigenvalue weighted by Gasteiger charge is 2.26. The van der Waals surface area contributed by atoms with Crippen molar-refractivity contribution in [1.29, 1.82) is 0 Å². The number of nitrogens with zero attached hydrogens (tertiary/aromatic N) is 1. The molecule has 0 amide bonds. The summed E-state index contributed by atoms with van der Waals surface area (Å²) in [4.78, 5) is 2.43. The van der Waals surface area contributed by atoms with Crippen LogP contribution in [0.25, 0.3) is 0 Å². The van der Waals surface area contributed by atoms with Gasteiger partial charge in [0.15, 0.2) is 0 Å². The fourth-order valence-electron chi connectivity index (χ4n) is 2.80. The van der Waals surface area contributed by atoms with E-state index in [1.165, 1.54) is 25.9 Å². The molecule has 2 aliphatic rings. The molecule has 15 heavy (non-hydrogen) atoms. The van der Waals surface area contributed by atoms with Gasteiger partial charge >= 0.3 is 0 Å². The van der Waals surface area contributed by atoms with Gasteiger partial charge in [-0.15, -0.1) is 0 Å². The van der Waals surface area contributed by atoms with Gasteiger partial charge < -0.3 is 15.3 Å². The largest absolute Gasteiger partial charge is 0.393 e. The first-order valence-electron chi connectivity index (χ1n) is 6.31. The van der Waals surface area contributed by atoms with Crippen LogP contribution in [0.2, 0.25) is 0 Å². The van der Waals surface area contributed by atoms with Gasteiger partial charge in [-0.25, -0.2) is 0 Å². The molecule has 3 nitrogen and oxygen atoms in total. The van der Waals surface area contributed by atoms with E-state index in [1.807, 2.05) is 0 Å². The molecular weight excluding hydrogens is 188 g/mol. The zero-order valence-corrected chi connectivity index (χ0v) is 9.78. The van der Waals surface area contributed by atoms with Gasteiger partial charge in [-0.3, -0.25) is 0 Å². The van der Waals surface area contributed by atoms with Crippen LogP contribution in [0.3, 0.4) is 0 Å². The van der Waals surface area contributed by atoms with E-state index in [0.29, 0.717) is 0 Å². The van der Waals surface area contributed by atoms with E-state index in [9.17, 15) is 0 Å². The van der Waals surface area contributed by atoms with Crippen LogP contribution in [-0.2, 0) is 0 Å². The minimum atomic E-state index is -0.00221. The molecule has 2 N–H and O–H groups in total. The number of nitrogens with one attached hydrogen (secondary N) is 1. The van der Waals surface area contributed by atoms with Gasteiger partial charge in [-0.2, -0.15) is 0 Å². The Morgan fingerprint density at radius 2 is 2.00 bits per heavy atom. The summed E-state index contributed by atoms with van der Waals surface area (Å²) in [6.07, 6.45) is 4.75. The number of hydrogen-bond donors (Lipinski definition) is 2. The standard InChI is InChI=1S/C12H24N2O/c1-14-4-2-3-10(9-14)7-13-8-11-5-12(15)6-11/h10-13,15H,2-9H2,1H3. The summed E-state index contributed by atoms with van der Waals surface area (Å²) in [5.74, 6) is 1.58. The van der Waals surface area contributed by atoms with E-state index < -0.39 is 0 Å². The van der Waals surface area contributed by atoms with E-state index in [1.54, 1.807) is 0 Å². The third-order valence-corrected chi connectivity index (χ3v) is 3.80. The van der Waals surface area contributed by atoms with Crippen molar-refractivity contribution < 1.29 is 5.11 Å². The van der Waals surface area contributed by atoms with Crippen molar-refractivity contribution in [3.63, 3.8) is 0 Å². The fourth-order valence-corrected chi connectivity index (χ4v) is 2.80. The van der Waals surface area contributed by atoms with Crippen LogP contribution in [0.4, 0.5) is 0 Å². The van der Waals surface area contributed by atoms with E-state index >= 15 is 0 Å². The van der Waals surface area contributed by atoms with Gasteiger partial charge in [0.1, 0.15) is 0 Å². The molecule has 2 fully saturated rings. The Morgan fingerprint density at radius 3 is 2.67 bits per heavy atom. The monoisotopic (exact) mass is 212 g/mol. The van der Waals surface area contributed by atoms with Crippen LogP contribution in [0.1, 0.15) is 25.7 Å². The second kappa shape index (κ2) is 5.28. The Bertz CT molecular complexity index is 192. The van der Waals surface area contributed by atoms with Crippen molar-refractivity contribution in [2.75, 3.05) is 33.2 Å². The maximum atomic E-state index is 9.17. The molecule has 0 radical (unpaired) electrons. The molecule has 2 rings (SSSR count). The van der Waals surface area contributed by atoms with Gasteiger partial charge in [-0.1, -0.05) is 0 Å².